The average molecular weight is 492 g/mol. The summed E-state index contributed by atoms with van der Waals surface area (Å²) in [6, 6.07) is 18.0. The lowest BCUT2D eigenvalue weighted by Crippen LogP contribution is -2.53. The van der Waals surface area contributed by atoms with E-state index in [9.17, 15) is 9.59 Å². The van der Waals surface area contributed by atoms with Gasteiger partial charge in [-0.15, -0.1) is 11.8 Å². The molecule has 35 heavy (non-hydrogen) atoms. The Morgan fingerprint density at radius 1 is 1.03 bits per heavy atom. The third-order valence-corrected chi connectivity index (χ3v) is 9.00. The summed E-state index contributed by atoms with van der Waals surface area (Å²) >= 11 is 1.73. The number of piperazine rings is 1. The van der Waals surface area contributed by atoms with Crippen molar-refractivity contribution >= 4 is 23.6 Å². The molecule has 1 aliphatic carbocycles. The second kappa shape index (κ2) is 10.8. The van der Waals surface area contributed by atoms with Gasteiger partial charge in [-0.3, -0.25) is 14.5 Å². The highest BCUT2D eigenvalue weighted by Crippen LogP contribution is 2.31. The molecule has 0 spiro atoms. The molecule has 2 aromatic rings. The largest absolute Gasteiger partial charge is 0.350 e. The van der Waals surface area contributed by atoms with Crippen LogP contribution in [0.2, 0.25) is 0 Å². The smallest absolute Gasteiger partial charge is 0.222 e. The van der Waals surface area contributed by atoms with Gasteiger partial charge in [-0.2, -0.15) is 0 Å². The van der Waals surface area contributed by atoms with E-state index in [0.29, 0.717) is 25.3 Å². The van der Waals surface area contributed by atoms with E-state index in [2.05, 4.69) is 65.0 Å². The van der Waals surface area contributed by atoms with Crippen LogP contribution in [0.4, 0.5) is 0 Å². The predicted octanol–water partition coefficient (Wildman–Crippen LogP) is 4.08. The molecule has 2 amide bonds. The summed E-state index contributed by atoms with van der Waals surface area (Å²) in [5, 5.41) is 3.24. The van der Waals surface area contributed by atoms with E-state index >= 15 is 0 Å². The Balaban J connectivity index is 1.13. The zero-order chi connectivity index (χ0) is 24.3. The molecule has 3 aliphatic rings. The standard InChI is InChI=1S/C29H37N3O2S/c1-35-26-10-6-22(7-11-26)21-29(14-12-27(33)30-29)15-13-28(34)32-18-16-31(17-19-32)25-9-8-23-4-2-3-5-24(23)20-25/h2-7,10-11,25H,8-9,12-21H2,1H3,(H,30,33)/t25-,29-/m1/s1. The van der Waals surface area contributed by atoms with Crippen LogP contribution in [0.3, 0.4) is 0 Å². The minimum absolute atomic E-state index is 0.112. The maximum atomic E-state index is 13.2. The van der Waals surface area contributed by atoms with Crippen molar-refractivity contribution in [1.29, 1.82) is 0 Å². The highest BCUT2D eigenvalue weighted by molar-refractivity contribution is 7.98. The van der Waals surface area contributed by atoms with Crippen LogP contribution in [0.5, 0.6) is 0 Å². The van der Waals surface area contributed by atoms with Gasteiger partial charge in [0.15, 0.2) is 0 Å². The summed E-state index contributed by atoms with van der Waals surface area (Å²) < 4.78 is 0. The van der Waals surface area contributed by atoms with Gasteiger partial charge in [-0.05, 0) is 73.6 Å². The fraction of sp³-hybridized carbons (Fsp3) is 0.517. The molecule has 2 aromatic carbocycles. The molecule has 186 valence electrons. The maximum Gasteiger partial charge on any atom is 0.222 e. The SMILES string of the molecule is CSc1ccc(C[C@]2(CCC(=O)N3CCN([C@@H]4CCc5ccccc5C4)CC3)CCC(=O)N2)cc1. The van der Waals surface area contributed by atoms with Crippen molar-refractivity contribution < 1.29 is 9.59 Å². The number of hydrogen-bond acceptors (Lipinski definition) is 4. The number of aryl methyl sites for hydroxylation is 1. The second-order valence-corrected chi connectivity index (χ2v) is 11.3. The monoisotopic (exact) mass is 491 g/mol. The molecule has 0 saturated carbocycles. The molecule has 0 aromatic heterocycles. The fourth-order valence-corrected chi connectivity index (χ4v) is 6.56. The van der Waals surface area contributed by atoms with Gasteiger partial charge in [0.1, 0.15) is 0 Å². The number of rotatable bonds is 7. The van der Waals surface area contributed by atoms with E-state index in [-0.39, 0.29) is 17.4 Å². The van der Waals surface area contributed by atoms with Crippen molar-refractivity contribution in [3.63, 3.8) is 0 Å². The molecular weight excluding hydrogens is 454 g/mol. The normalized spacial score (nSPS) is 24.8. The minimum atomic E-state index is -0.301. The Labute approximate surface area is 213 Å². The Kier molecular flexibility index (Phi) is 7.49. The van der Waals surface area contributed by atoms with E-state index < -0.39 is 0 Å². The van der Waals surface area contributed by atoms with Gasteiger partial charge in [0.25, 0.3) is 0 Å². The number of carbonyl (C=O) groups is 2. The van der Waals surface area contributed by atoms with E-state index in [1.807, 2.05) is 4.90 Å². The Bertz CT molecular complexity index is 1050. The first-order chi connectivity index (χ1) is 17.0. The van der Waals surface area contributed by atoms with Crippen LogP contribution in [0.15, 0.2) is 53.4 Å². The van der Waals surface area contributed by atoms with Gasteiger partial charge >= 0.3 is 0 Å². The lowest BCUT2D eigenvalue weighted by atomic mass is 9.85. The molecule has 2 heterocycles. The fourth-order valence-electron chi connectivity index (χ4n) is 6.15. The highest BCUT2D eigenvalue weighted by Gasteiger charge is 2.38. The van der Waals surface area contributed by atoms with Gasteiger partial charge in [-0.1, -0.05) is 36.4 Å². The molecule has 2 aliphatic heterocycles. The Morgan fingerprint density at radius 2 is 1.77 bits per heavy atom. The number of thioether (sulfide) groups is 1. The highest BCUT2D eigenvalue weighted by atomic mass is 32.2. The van der Waals surface area contributed by atoms with E-state index in [0.717, 1.165) is 51.9 Å². The minimum Gasteiger partial charge on any atom is -0.350 e. The van der Waals surface area contributed by atoms with Crippen molar-refractivity contribution in [2.75, 3.05) is 32.4 Å². The molecule has 0 bridgehead atoms. The van der Waals surface area contributed by atoms with Crippen LogP contribution in [-0.4, -0.2) is 65.6 Å². The van der Waals surface area contributed by atoms with Crippen LogP contribution < -0.4 is 5.32 Å². The first kappa shape index (κ1) is 24.4. The number of amides is 2. The van der Waals surface area contributed by atoms with E-state index in [1.54, 1.807) is 11.8 Å². The van der Waals surface area contributed by atoms with E-state index in [4.69, 9.17) is 0 Å². The number of carbonyl (C=O) groups excluding carboxylic acids is 2. The quantitative estimate of drug-likeness (QED) is 0.593. The number of benzene rings is 2. The molecule has 1 N–H and O–H groups in total. The van der Waals surface area contributed by atoms with Gasteiger partial charge < -0.3 is 10.2 Å². The number of nitrogens with one attached hydrogen (secondary N) is 1. The van der Waals surface area contributed by atoms with Crippen LogP contribution in [0.1, 0.15) is 48.8 Å². The molecule has 6 heteroatoms. The second-order valence-electron chi connectivity index (χ2n) is 10.4. The molecule has 2 fully saturated rings. The topological polar surface area (TPSA) is 52.7 Å². The van der Waals surface area contributed by atoms with Gasteiger partial charge in [0.05, 0.1) is 0 Å². The summed E-state index contributed by atoms with van der Waals surface area (Å²) in [7, 11) is 0. The molecule has 0 unspecified atom stereocenters. The number of fused-ring (bicyclic) bond motifs is 1. The van der Waals surface area contributed by atoms with E-state index in [1.165, 1.54) is 28.0 Å². The Morgan fingerprint density at radius 3 is 2.46 bits per heavy atom. The maximum absolute atomic E-state index is 13.2. The van der Waals surface area contributed by atoms with Crippen molar-refractivity contribution in [1.82, 2.24) is 15.1 Å². The van der Waals surface area contributed by atoms with Gasteiger partial charge in [0, 0.05) is 55.5 Å². The average Bonchev–Trinajstić information content (AvgIpc) is 3.27. The lowest BCUT2D eigenvalue weighted by Gasteiger charge is -2.41. The first-order valence-electron chi connectivity index (χ1n) is 13.1. The lowest BCUT2D eigenvalue weighted by molar-refractivity contribution is -0.134. The van der Waals surface area contributed by atoms with Crippen molar-refractivity contribution in [2.24, 2.45) is 0 Å². The van der Waals surface area contributed by atoms with Gasteiger partial charge in [-0.25, -0.2) is 0 Å². The molecule has 5 nitrogen and oxygen atoms in total. The molecule has 0 radical (unpaired) electrons. The summed E-state index contributed by atoms with van der Waals surface area (Å²) in [6.07, 6.45) is 8.94. The van der Waals surface area contributed by atoms with Crippen LogP contribution in [-0.2, 0) is 28.9 Å². The first-order valence-corrected chi connectivity index (χ1v) is 14.3. The molecule has 5 rings (SSSR count). The Hall–Kier alpha value is -2.31. The number of nitrogens with zero attached hydrogens (tertiary/aromatic N) is 2. The van der Waals surface area contributed by atoms with Crippen molar-refractivity contribution in [3.05, 3.63) is 65.2 Å². The summed E-state index contributed by atoms with van der Waals surface area (Å²) in [4.78, 5) is 31.2. The van der Waals surface area contributed by atoms with Crippen LogP contribution in [0, 0.1) is 0 Å². The summed E-state index contributed by atoms with van der Waals surface area (Å²) in [5.41, 5.74) is 3.92. The van der Waals surface area contributed by atoms with Crippen molar-refractivity contribution in [3.8, 4) is 0 Å². The molecular formula is C29H37N3O2S. The van der Waals surface area contributed by atoms with Crippen LogP contribution in [0.25, 0.3) is 0 Å². The summed E-state index contributed by atoms with van der Waals surface area (Å²) in [6.45, 7) is 3.55. The van der Waals surface area contributed by atoms with Gasteiger partial charge in [0.2, 0.25) is 11.8 Å². The summed E-state index contributed by atoms with van der Waals surface area (Å²) in [5.74, 6) is 0.345. The molecule has 2 atom stereocenters. The zero-order valence-electron chi connectivity index (χ0n) is 20.8. The van der Waals surface area contributed by atoms with Crippen molar-refractivity contribution in [2.45, 2.75) is 67.8 Å². The predicted molar refractivity (Wildman–Crippen MR) is 142 cm³/mol. The molecule has 2 saturated heterocycles. The van der Waals surface area contributed by atoms with Crippen LogP contribution >= 0.6 is 11.8 Å². The third kappa shape index (κ3) is 5.75. The number of hydrogen-bond donors (Lipinski definition) is 1. The zero-order valence-corrected chi connectivity index (χ0v) is 21.6. The third-order valence-electron chi connectivity index (χ3n) is 8.26.